The summed E-state index contributed by atoms with van der Waals surface area (Å²) in [6, 6.07) is 1.52. The van der Waals surface area contributed by atoms with E-state index >= 15 is 0 Å². The number of hydrogen-bond donors (Lipinski definition) is 1. The molecule has 2 heterocycles. The maximum Gasteiger partial charge on any atom is 0.246 e. The van der Waals surface area contributed by atoms with Crippen molar-refractivity contribution < 1.29 is 8.42 Å². The van der Waals surface area contributed by atoms with Crippen LogP contribution in [0.15, 0.2) is 23.4 Å². The molecule has 19 heavy (non-hydrogen) atoms. The summed E-state index contributed by atoms with van der Waals surface area (Å²) in [4.78, 5) is 3.98. The minimum absolute atomic E-state index is 0.115. The Labute approximate surface area is 114 Å². The Balaban J connectivity index is 2.26. The van der Waals surface area contributed by atoms with Gasteiger partial charge in [0.05, 0.1) is 5.69 Å². The summed E-state index contributed by atoms with van der Waals surface area (Å²) < 4.78 is 26.6. The zero-order chi connectivity index (χ0) is 14.3. The number of aromatic nitrogens is 1. The van der Waals surface area contributed by atoms with E-state index in [1.807, 2.05) is 0 Å². The van der Waals surface area contributed by atoms with Crippen LogP contribution < -0.4 is 5.73 Å². The van der Waals surface area contributed by atoms with E-state index in [0.717, 1.165) is 6.42 Å². The van der Waals surface area contributed by atoms with Gasteiger partial charge in [0, 0.05) is 25.5 Å². The van der Waals surface area contributed by atoms with E-state index in [2.05, 4.69) is 25.8 Å². The Morgan fingerprint density at radius 1 is 1.42 bits per heavy atom. The SMILES string of the molecule is CC(C)(C)C1CCN(S(=O)(=O)c2cnccc2N)C1. The minimum atomic E-state index is -3.52. The van der Waals surface area contributed by atoms with E-state index in [-0.39, 0.29) is 16.0 Å². The van der Waals surface area contributed by atoms with Gasteiger partial charge >= 0.3 is 0 Å². The third kappa shape index (κ3) is 2.74. The molecule has 1 atom stereocenters. The first-order valence-corrected chi connectivity index (χ1v) is 7.86. The molecular weight excluding hydrogens is 262 g/mol. The molecule has 1 aromatic rings. The zero-order valence-electron chi connectivity index (χ0n) is 11.6. The molecule has 1 unspecified atom stereocenters. The molecule has 1 aliphatic heterocycles. The van der Waals surface area contributed by atoms with Gasteiger partial charge < -0.3 is 5.73 Å². The Hall–Kier alpha value is -1.14. The van der Waals surface area contributed by atoms with Gasteiger partial charge in [0.2, 0.25) is 10.0 Å². The van der Waals surface area contributed by atoms with Gasteiger partial charge in [0.1, 0.15) is 4.90 Å². The lowest BCUT2D eigenvalue weighted by atomic mass is 9.80. The molecule has 1 fully saturated rings. The molecule has 0 saturated carbocycles. The summed E-state index contributed by atoms with van der Waals surface area (Å²) >= 11 is 0. The van der Waals surface area contributed by atoms with Crippen molar-refractivity contribution in [2.45, 2.75) is 32.1 Å². The van der Waals surface area contributed by atoms with Crippen molar-refractivity contribution in [3.63, 3.8) is 0 Å². The number of sulfonamides is 1. The number of nitrogens with zero attached hydrogens (tertiary/aromatic N) is 2. The van der Waals surface area contributed by atoms with Gasteiger partial charge in [-0.15, -0.1) is 0 Å². The van der Waals surface area contributed by atoms with Crippen molar-refractivity contribution in [1.29, 1.82) is 0 Å². The summed E-state index contributed by atoms with van der Waals surface area (Å²) in [5, 5.41) is 0. The Morgan fingerprint density at radius 2 is 2.11 bits per heavy atom. The van der Waals surface area contributed by atoms with E-state index in [9.17, 15) is 8.42 Å². The van der Waals surface area contributed by atoms with Gasteiger partial charge in [-0.05, 0) is 23.8 Å². The van der Waals surface area contributed by atoms with E-state index in [1.165, 1.54) is 22.8 Å². The molecule has 1 aromatic heterocycles. The van der Waals surface area contributed by atoms with Crippen LogP contribution >= 0.6 is 0 Å². The molecule has 1 aliphatic rings. The van der Waals surface area contributed by atoms with Crippen LogP contribution in [-0.4, -0.2) is 30.8 Å². The average Bonchev–Trinajstić information content (AvgIpc) is 2.78. The van der Waals surface area contributed by atoms with Gasteiger partial charge in [-0.1, -0.05) is 20.8 Å². The quantitative estimate of drug-likeness (QED) is 0.896. The highest BCUT2D eigenvalue weighted by Gasteiger charge is 2.38. The lowest BCUT2D eigenvalue weighted by molar-refractivity contribution is 0.252. The average molecular weight is 283 g/mol. The maximum absolute atomic E-state index is 12.5. The molecular formula is C13H21N3O2S. The summed E-state index contributed by atoms with van der Waals surface area (Å²) in [5.41, 5.74) is 6.12. The number of anilines is 1. The van der Waals surface area contributed by atoms with Gasteiger partial charge in [0.15, 0.2) is 0 Å². The van der Waals surface area contributed by atoms with Crippen molar-refractivity contribution >= 4 is 15.7 Å². The Morgan fingerprint density at radius 3 is 2.63 bits per heavy atom. The Bertz CT molecular complexity index is 563. The molecule has 0 radical (unpaired) electrons. The molecule has 6 heteroatoms. The normalized spacial score (nSPS) is 21.7. The van der Waals surface area contributed by atoms with Crippen LogP contribution in [0.3, 0.4) is 0 Å². The Kier molecular flexibility index (Phi) is 3.57. The summed E-state index contributed by atoms with van der Waals surface area (Å²) in [5.74, 6) is 0.375. The third-order valence-corrected chi connectivity index (χ3v) is 5.72. The molecule has 2 N–H and O–H groups in total. The van der Waals surface area contributed by atoms with Crippen molar-refractivity contribution in [2.24, 2.45) is 11.3 Å². The van der Waals surface area contributed by atoms with Crippen LogP contribution in [0.4, 0.5) is 5.69 Å². The smallest absolute Gasteiger partial charge is 0.246 e. The molecule has 0 aliphatic carbocycles. The number of nitrogen functional groups attached to an aromatic ring is 1. The monoisotopic (exact) mass is 283 g/mol. The van der Waals surface area contributed by atoms with Crippen LogP contribution in [0.25, 0.3) is 0 Å². The maximum atomic E-state index is 12.5. The second-order valence-electron chi connectivity index (χ2n) is 6.13. The molecule has 2 rings (SSSR count). The number of rotatable bonds is 2. The fourth-order valence-electron chi connectivity index (χ4n) is 2.40. The van der Waals surface area contributed by atoms with Crippen molar-refractivity contribution in [1.82, 2.24) is 9.29 Å². The zero-order valence-corrected chi connectivity index (χ0v) is 12.4. The third-order valence-electron chi connectivity index (χ3n) is 3.81. The summed E-state index contributed by atoms with van der Waals surface area (Å²) in [6.45, 7) is 7.55. The highest BCUT2D eigenvalue weighted by atomic mass is 32.2. The molecule has 0 amide bonds. The van der Waals surface area contributed by atoms with Crippen LogP contribution in [0.2, 0.25) is 0 Å². The van der Waals surface area contributed by atoms with Crippen LogP contribution in [-0.2, 0) is 10.0 Å². The fourth-order valence-corrected chi connectivity index (χ4v) is 3.96. The van der Waals surface area contributed by atoms with Crippen molar-refractivity contribution in [2.75, 3.05) is 18.8 Å². The van der Waals surface area contributed by atoms with E-state index in [1.54, 1.807) is 0 Å². The largest absolute Gasteiger partial charge is 0.398 e. The van der Waals surface area contributed by atoms with Gasteiger partial charge in [0.25, 0.3) is 0 Å². The predicted octanol–water partition coefficient (Wildman–Crippen LogP) is 1.72. The highest BCUT2D eigenvalue weighted by molar-refractivity contribution is 7.89. The molecule has 0 bridgehead atoms. The first-order chi connectivity index (χ1) is 8.73. The molecule has 0 spiro atoms. The van der Waals surface area contributed by atoms with E-state index in [4.69, 9.17) is 5.73 Å². The first-order valence-electron chi connectivity index (χ1n) is 6.42. The second-order valence-corrected chi connectivity index (χ2v) is 8.03. The van der Waals surface area contributed by atoms with Crippen molar-refractivity contribution in [3.8, 4) is 0 Å². The second kappa shape index (κ2) is 4.76. The van der Waals surface area contributed by atoms with Gasteiger partial charge in [-0.3, -0.25) is 4.98 Å². The summed E-state index contributed by atoms with van der Waals surface area (Å²) in [6.07, 6.45) is 3.72. The molecule has 5 nitrogen and oxygen atoms in total. The lowest BCUT2D eigenvalue weighted by Gasteiger charge is -2.26. The number of pyridine rings is 1. The van der Waals surface area contributed by atoms with Crippen LogP contribution in [0, 0.1) is 11.3 Å². The van der Waals surface area contributed by atoms with E-state index in [0.29, 0.717) is 19.0 Å². The lowest BCUT2D eigenvalue weighted by Crippen LogP contribution is -2.31. The van der Waals surface area contributed by atoms with E-state index < -0.39 is 10.0 Å². The standard InChI is InChI=1S/C13H21N3O2S/c1-13(2,3)10-5-7-16(9-10)19(17,18)12-8-15-6-4-11(12)14/h4,6,8,10H,5,7,9H2,1-3H3,(H2,14,15). The van der Waals surface area contributed by atoms with Gasteiger partial charge in [-0.2, -0.15) is 4.31 Å². The highest BCUT2D eigenvalue weighted by Crippen LogP contribution is 2.36. The van der Waals surface area contributed by atoms with Crippen LogP contribution in [0.5, 0.6) is 0 Å². The molecule has 106 valence electrons. The first kappa shape index (κ1) is 14.3. The number of hydrogen-bond acceptors (Lipinski definition) is 4. The van der Waals surface area contributed by atoms with Crippen molar-refractivity contribution in [3.05, 3.63) is 18.5 Å². The molecule has 0 aromatic carbocycles. The van der Waals surface area contributed by atoms with Gasteiger partial charge in [-0.25, -0.2) is 8.42 Å². The minimum Gasteiger partial charge on any atom is -0.398 e. The predicted molar refractivity (Wildman–Crippen MR) is 75.0 cm³/mol. The topological polar surface area (TPSA) is 76.3 Å². The number of nitrogens with two attached hydrogens (primary N) is 1. The van der Waals surface area contributed by atoms with Crippen LogP contribution in [0.1, 0.15) is 27.2 Å². The summed E-state index contributed by atoms with van der Waals surface area (Å²) in [7, 11) is -3.52. The molecule has 1 saturated heterocycles. The fraction of sp³-hybridized carbons (Fsp3) is 0.615.